The van der Waals surface area contributed by atoms with Crippen molar-refractivity contribution in [1.29, 1.82) is 0 Å². The van der Waals surface area contributed by atoms with Gasteiger partial charge >= 0.3 is 0 Å². The maximum Gasteiger partial charge on any atom is 0.257 e. The lowest BCUT2D eigenvalue weighted by Crippen LogP contribution is -2.39. The zero-order valence-electron chi connectivity index (χ0n) is 11.0. The summed E-state index contributed by atoms with van der Waals surface area (Å²) in [6.07, 6.45) is 4.64. The van der Waals surface area contributed by atoms with Crippen molar-refractivity contribution >= 4 is 17.5 Å². The molecule has 2 heterocycles. The highest BCUT2D eigenvalue weighted by molar-refractivity contribution is 6.18. The van der Waals surface area contributed by atoms with Gasteiger partial charge in [-0.25, -0.2) is 0 Å². The van der Waals surface area contributed by atoms with Crippen molar-refractivity contribution < 1.29 is 4.79 Å². The molecule has 1 aromatic heterocycles. The van der Waals surface area contributed by atoms with Gasteiger partial charge < -0.3 is 4.90 Å². The molecule has 1 fully saturated rings. The Hall–Kier alpha value is -1.03. The predicted molar refractivity (Wildman–Crippen MR) is 71.9 cm³/mol. The van der Waals surface area contributed by atoms with Gasteiger partial charge in [0.25, 0.3) is 5.91 Å². The summed E-state index contributed by atoms with van der Waals surface area (Å²) in [6, 6.07) is 0. The average molecular weight is 270 g/mol. The third-order valence-electron chi connectivity index (χ3n) is 3.59. The summed E-state index contributed by atoms with van der Waals surface area (Å²) in [5, 5.41) is 4.32. The van der Waals surface area contributed by atoms with Crippen molar-refractivity contribution in [1.82, 2.24) is 14.7 Å². The summed E-state index contributed by atoms with van der Waals surface area (Å²) in [5.41, 5.74) is 1.64. The second-order valence-corrected chi connectivity index (χ2v) is 5.22. The Kier molecular flexibility index (Phi) is 4.27. The molecule has 4 nitrogen and oxygen atoms in total. The summed E-state index contributed by atoms with van der Waals surface area (Å²) in [7, 11) is 1.86. The van der Waals surface area contributed by atoms with Crippen LogP contribution >= 0.6 is 11.6 Å². The first-order chi connectivity index (χ1) is 8.65. The molecule has 0 atom stereocenters. The van der Waals surface area contributed by atoms with Crippen LogP contribution in [0.1, 0.15) is 35.8 Å². The number of alkyl halides is 1. The van der Waals surface area contributed by atoms with Gasteiger partial charge in [0, 0.05) is 32.2 Å². The SMILES string of the molecule is CCc1nn(C)cc1C(=O)N1CCC(CCl)CC1. The fourth-order valence-corrected chi connectivity index (χ4v) is 2.74. The van der Waals surface area contributed by atoms with Crippen LogP contribution < -0.4 is 0 Å². The minimum Gasteiger partial charge on any atom is -0.339 e. The molecule has 1 aliphatic heterocycles. The fourth-order valence-electron chi connectivity index (χ4n) is 2.43. The Balaban J connectivity index is 2.07. The number of rotatable bonds is 3. The van der Waals surface area contributed by atoms with Gasteiger partial charge in [-0.3, -0.25) is 9.48 Å². The van der Waals surface area contributed by atoms with Crippen LogP contribution in [0, 0.1) is 5.92 Å². The highest BCUT2D eigenvalue weighted by Gasteiger charge is 2.25. The Labute approximate surface area is 113 Å². The molecular formula is C13H20ClN3O. The number of carbonyl (C=O) groups is 1. The van der Waals surface area contributed by atoms with E-state index >= 15 is 0 Å². The molecule has 1 aromatic rings. The molecule has 0 aromatic carbocycles. The van der Waals surface area contributed by atoms with Crippen molar-refractivity contribution in [3.63, 3.8) is 0 Å². The summed E-state index contributed by atoms with van der Waals surface area (Å²) < 4.78 is 1.72. The second-order valence-electron chi connectivity index (χ2n) is 4.91. The highest BCUT2D eigenvalue weighted by atomic mass is 35.5. The number of hydrogen-bond donors (Lipinski definition) is 0. The Bertz CT molecular complexity index is 422. The molecule has 0 N–H and O–H groups in total. The zero-order valence-corrected chi connectivity index (χ0v) is 11.8. The summed E-state index contributed by atoms with van der Waals surface area (Å²) in [6.45, 7) is 3.65. The van der Waals surface area contributed by atoms with Gasteiger partial charge in [-0.1, -0.05) is 6.92 Å². The van der Waals surface area contributed by atoms with Crippen LogP contribution in [0.4, 0.5) is 0 Å². The lowest BCUT2D eigenvalue weighted by molar-refractivity contribution is 0.0697. The minimum atomic E-state index is 0.118. The number of amides is 1. The maximum absolute atomic E-state index is 12.4. The molecule has 1 amide bonds. The van der Waals surface area contributed by atoms with E-state index in [4.69, 9.17) is 11.6 Å². The first-order valence-electron chi connectivity index (χ1n) is 6.53. The van der Waals surface area contributed by atoms with Gasteiger partial charge in [-0.2, -0.15) is 5.10 Å². The second kappa shape index (κ2) is 5.74. The number of carbonyl (C=O) groups excluding carboxylic acids is 1. The highest BCUT2D eigenvalue weighted by Crippen LogP contribution is 2.21. The summed E-state index contributed by atoms with van der Waals surface area (Å²) in [4.78, 5) is 14.4. The molecule has 2 rings (SSSR count). The zero-order chi connectivity index (χ0) is 13.1. The molecule has 0 spiro atoms. The Morgan fingerprint density at radius 1 is 1.50 bits per heavy atom. The number of nitrogens with zero attached hydrogens (tertiary/aromatic N) is 3. The third-order valence-corrected chi connectivity index (χ3v) is 4.03. The molecule has 100 valence electrons. The normalized spacial score (nSPS) is 17.2. The van der Waals surface area contributed by atoms with Gasteiger partial charge in [-0.05, 0) is 25.2 Å². The van der Waals surface area contributed by atoms with Gasteiger partial charge in [0.1, 0.15) is 0 Å². The van der Waals surface area contributed by atoms with E-state index in [1.165, 1.54) is 0 Å². The van der Waals surface area contributed by atoms with E-state index < -0.39 is 0 Å². The number of hydrogen-bond acceptors (Lipinski definition) is 2. The molecule has 0 saturated carbocycles. The topological polar surface area (TPSA) is 38.1 Å². The van der Waals surface area contributed by atoms with Crippen molar-refractivity contribution in [2.24, 2.45) is 13.0 Å². The van der Waals surface area contributed by atoms with E-state index in [-0.39, 0.29) is 5.91 Å². The van der Waals surface area contributed by atoms with E-state index in [1.54, 1.807) is 4.68 Å². The van der Waals surface area contributed by atoms with Gasteiger partial charge in [-0.15, -0.1) is 11.6 Å². The lowest BCUT2D eigenvalue weighted by Gasteiger charge is -2.31. The van der Waals surface area contributed by atoms with Crippen molar-refractivity contribution in [3.05, 3.63) is 17.5 Å². The van der Waals surface area contributed by atoms with Crippen LogP contribution in [0.3, 0.4) is 0 Å². The van der Waals surface area contributed by atoms with E-state index in [0.717, 1.165) is 43.6 Å². The molecule has 0 radical (unpaired) electrons. The molecular weight excluding hydrogens is 250 g/mol. The molecule has 5 heteroatoms. The van der Waals surface area contributed by atoms with E-state index in [0.29, 0.717) is 11.8 Å². The Morgan fingerprint density at radius 3 is 2.72 bits per heavy atom. The van der Waals surface area contributed by atoms with Crippen LogP contribution in [-0.4, -0.2) is 39.6 Å². The van der Waals surface area contributed by atoms with Crippen LogP contribution in [-0.2, 0) is 13.5 Å². The van der Waals surface area contributed by atoms with Gasteiger partial charge in [0.2, 0.25) is 0 Å². The van der Waals surface area contributed by atoms with Crippen LogP contribution in [0.2, 0.25) is 0 Å². The lowest BCUT2D eigenvalue weighted by atomic mass is 9.98. The molecule has 0 aliphatic carbocycles. The van der Waals surface area contributed by atoms with Crippen LogP contribution in [0.15, 0.2) is 6.20 Å². The standard InChI is InChI=1S/C13H20ClN3O/c1-3-12-11(9-16(2)15-12)13(18)17-6-4-10(8-14)5-7-17/h9-10H,3-8H2,1-2H3. The van der Waals surface area contributed by atoms with Crippen molar-refractivity contribution in [2.75, 3.05) is 19.0 Å². The van der Waals surface area contributed by atoms with Crippen molar-refractivity contribution in [2.45, 2.75) is 26.2 Å². The first kappa shape index (κ1) is 13.4. The molecule has 0 unspecified atom stereocenters. The largest absolute Gasteiger partial charge is 0.339 e. The van der Waals surface area contributed by atoms with E-state index in [1.807, 2.05) is 25.1 Å². The molecule has 0 bridgehead atoms. The fraction of sp³-hybridized carbons (Fsp3) is 0.692. The first-order valence-corrected chi connectivity index (χ1v) is 7.07. The predicted octanol–water partition coefficient (Wildman–Crippen LogP) is 2.07. The van der Waals surface area contributed by atoms with Crippen LogP contribution in [0.5, 0.6) is 0 Å². The number of aryl methyl sites for hydroxylation is 2. The van der Waals surface area contributed by atoms with Crippen molar-refractivity contribution in [3.8, 4) is 0 Å². The monoisotopic (exact) mass is 269 g/mol. The van der Waals surface area contributed by atoms with Gasteiger partial charge in [0.05, 0.1) is 11.3 Å². The quantitative estimate of drug-likeness (QED) is 0.788. The maximum atomic E-state index is 12.4. The van der Waals surface area contributed by atoms with E-state index in [2.05, 4.69) is 5.10 Å². The minimum absolute atomic E-state index is 0.118. The number of piperidine rings is 1. The number of halogens is 1. The van der Waals surface area contributed by atoms with Crippen LogP contribution in [0.25, 0.3) is 0 Å². The molecule has 18 heavy (non-hydrogen) atoms. The molecule has 1 saturated heterocycles. The average Bonchev–Trinajstić information content (AvgIpc) is 2.79. The summed E-state index contributed by atoms with van der Waals surface area (Å²) in [5.74, 6) is 1.39. The summed E-state index contributed by atoms with van der Waals surface area (Å²) >= 11 is 5.86. The number of aromatic nitrogens is 2. The molecule has 1 aliphatic rings. The smallest absolute Gasteiger partial charge is 0.257 e. The Morgan fingerprint density at radius 2 is 2.17 bits per heavy atom. The van der Waals surface area contributed by atoms with Gasteiger partial charge in [0.15, 0.2) is 0 Å². The number of likely N-dealkylation sites (tertiary alicyclic amines) is 1. The third kappa shape index (κ3) is 2.69. The van der Waals surface area contributed by atoms with E-state index in [9.17, 15) is 4.79 Å².